The standard InChI is InChI=1S/C13H17NO3/c1-4-13(16-5-6-17-13)12-7-9(2)14-10(3)11(12)8-15/h7-8H,4-6H2,1-3H3. The molecule has 1 fully saturated rings. The van der Waals surface area contributed by atoms with Crippen LogP contribution in [0.3, 0.4) is 0 Å². The van der Waals surface area contributed by atoms with Gasteiger partial charge in [-0.15, -0.1) is 0 Å². The van der Waals surface area contributed by atoms with Gasteiger partial charge < -0.3 is 9.47 Å². The van der Waals surface area contributed by atoms with Crippen LogP contribution in [0, 0.1) is 13.8 Å². The molecule has 0 N–H and O–H groups in total. The van der Waals surface area contributed by atoms with Gasteiger partial charge in [0.2, 0.25) is 0 Å². The number of aryl methyl sites for hydroxylation is 2. The van der Waals surface area contributed by atoms with Gasteiger partial charge >= 0.3 is 0 Å². The number of carbonyl (C=O) groups is 1. The molecule has 17 heavy (non-hydrogen) atoms. The summed E-state index contributed by atoms with van der Waals surface area (Å²) in [7, 11) is 0. The Morgan fingerprint density at radius 3 is 2.59 bits per heavy atom. The normalized spacial score (nSPS) is 18.3. The Morgan fingerprint density at radius 2 is 2.06 bits per heavy atom. The lowest BCUT2D eigenvalue weighted by Crippen LogP contribution is -2.28. The largest absolute Gasteiger partial charge is 0.343 e. The quantitative estimate of drug-likeness (QED) is 0.753. The van der Waals surface area contributed by atoms with Crippen LogP contribution in [0.15, 0.2) is 6.07 Å². The lowest BCUT2D eigenvalue weighted by Gasteiger charge is -2.28. The van der Waals surface area contributed by atoms with Gasteiger partial charge in [-0.05, 0) is 19.9 Å². The zero-order valence-electron chi connectivity index (χ0n) is 10.4. The van der Waals surface area contributed by atoms with Crippen molar-refractivity contribution in [3.63, 3.8) is 0 Å². The Morgan fingerprint density at radius 1 is 1.41 bits per heavy atom. The second-order valence-corrected chi connectivity index (χ2v) is 4.23. The van der Waals surface area contributed by atoms with Gasteiger partial charge in [-0.2, -0.15) is 0 Å². The fourth-order valence-electron chi connectivity index (χ4n) is 2.31. The van der Waals surface area contributed by atoms with E-state index in [9.17, 15) is 4.79 Å². The predicted octanol–water partition coefficient (Wildman–Crippen LogP) is 2.12. The van der Waals surface area contributed by atoms with Crippen molar-refractivity contribution in [1.82, 2.24) is 4.98 Å². The van der Waals surface area contributed by atoms with Crippen LogP contribution in [0.4, 0.5) is 0 Å². The molecule has 1 aliphatic rings. The smallest absolute Gasteiger partial charge is 0.195 e. The zero-order chi connectivity index (χ0) is 12.5. The number of hydrogen-bond acceptors (Lipinski definition) is 4. The summed E-state index contributed by atoms with van der Waals surface area (Å²) in [4.78, 5) is 15.5. The molecule has 1 saturated heterocycles. The maximum Gasteiger partial charge on any atom is 0.195 e. The zero-order valence-corrected chi connectivity index (χ0v) is 10.4. The van der Waals surface area contributed by atoms with E-state index in [0.717, 1.165) is 23.2 Å². The van der Waals surface area contributed by atoms with Gasteiger partial charge in [0, 0.05) is 28.9 Å². The molecule has 92 valence electrons. The summed E-state index contributed by atoms with van der Waals surface area (Å²) >= 11 is 0. The van der Waals surface area contributed by atoms with Crippen molar-refractivity contribution in [2.24, 2.45) is 0 Å². The van der Waals surface area contributed by atoms with E-state index in [0.29, 0.717) is 25.2 Å². The average Bonchev–Trinajstić information content (AvgIpc) is 2.77. The van der Waals surface area contributed by atoms with Crippen LogP contribution >= 0.6 is 0 Å². The fourth-order valence-corrected chi connectivity index (χ4v) is 2.31. The molecule has 4 heteroatoms. The van der Waals surface area contributed by atoms with Crippen molar-refractivity contribution < 1.29 is 14.3 Å². The van der Waals surface area contributed by atoms with E-state index in [1.807, 2.05) is 26.8 Å². The Hall–Kier alpha value is -1.26. The highest BCUT2D eigenvalue weighted by Gasteiger charge is 2.39. The van der Waals surface area contributed by atoms with Crippen molar-refractivity contribution >= 4 is 6.29 Å². The lowest BCUT2D eigenvalue weighted by atomic mass is 9.96. The minimum atomic E-state index is -0.769. The van der Waals surface area contributed by atoms with Gasteiger partial charge in [0.25, 0.3) is 0 Å². The second kappa shape index (κ2) is 4.55. The Labute approximate surface area is 101 Å². The third kappa shape index (κ3) is 1.98. The summed E-state index contributed by atoms with van der Waals surface area (Å²) in [5, 5.41) is 0. The van der Waals surface area contributed by atoms with E-state index in [2.05, 4.69) is 4.98 Å². The molecule has 2 heterocycles. The molecule has 0 atom stereocenters. The number of carbonyl (C=O) groups excluding carboxylic acids is 1. The summed E-state index contributed by atoms with van der Waals surface area (Å²) in [6, 6.07) is 1.88. The van der Waals surface area contributed by atoms with Gasteiger partial charge in [-0.3, -0.25) is 9.78 Å². The highest BCUT2D eigenvalue weighted by Crippen LogP contribution is 2.37. The molecule has 0 aliphatic carbocycles. The maximum atomic E-state index is 11.2. The molecule has 1 aromatic heterocycles. The summed E-state index contributed by atoms with van der Waals surface area (Å²) in [5.74, 6) is -0.769. The van der Waals surface area contributed by atoms with E-state index in [4.69, 9.17) is 9.47 Å². The number of pyridine rings is 1. The third-order valence-electron chi connectivity index (χ3n) is 3.12. The van der Waals surface area contributed by atoms with E-state index in [-0.39, 0.29) is 0 Å². The number of aldehydes is 1. The van der Waals surface area contributed by atoms with Crippen LogP contribution in [-0.2, 0) is 15.3 Å². The summed E-state index contributed by atoms with van der Waals surface area (Å²) in [5.41, 5.74) is 2.98. The number of ether oxygens (including phenoxy) is 2. The van der Waals surface area contributed by atoms with E-state index in [1.54, 1.807) is 0 Å². The van der Waals surface area contributed by atoms with Crippen molar-refractivity contribution in [3.05, 3.63) is 28.6 Å². The number of aromatic nitrogens is 1. The number of nitrogens with zero attached hydrogens (tertiary/aromatic N) is 1. The van der Waals surface area contributed by atoms with Crippen LogP contribution in [0.1, 0.15) is 40.7 Å². The highest BCUT2D eigenvalue weighted by atomic mass is 16.7. The summed E-state index contributed by atoms with van der Waals surface area (Å²) in [6.07, 6.45) is 1.51. The van der Waals surface area contributed by atoms with Crippen molar-refractivity contribution in [2.75, 3.05) is 13.2 Å². The Kier molecular flexibility index (Phi) is 3.26. The summed E-state index contributed by atoms with van der Waals surface area (Å²) in [6.45, 7) is 6.85. The van der Waals surface area contributed by atoms with Crippen molar-refractivity contribution in [2.45, 2.75) is 33.0 Å². The molecule has 0 unspecified atom stereocenters. The topological polar surface area (TPSA) is 48.4 Å². The molecule has 0 aromatic carbocycles. The minimum absolute atomic E-state index is 0.562. The molecule has 4 nitrogen and oxygen atoms in total. The van der Waals surface area contributed by atoms with Crippen LogP contribution < -0.4 is 0 Å². The highest BCUT2D eigenvalue weighted by molar-refractivity contribution is 5.79. The van der Waals surface area contributed by atoms with Gasteiger partial charge in [-0.1, -0.05) is 6.92 Å². The third-order valence-corrected chi connectivity index (χ3v) is 3.12. The van der Waals surface area contributed by atoms with Crippen LogP contribution in [0.25, 0.3) is 0 Å². The predicted molar refractivity (Wildman–Crippen MR) is 63.0 cm³/mol. The maximum absolute atomic E-state index is 11.2. The van der Waals surface area contributed by atoms with Crippen LogP contribution in [0.5, 0.6) is 0 Å². The molecule has 2 rings (SSSR count). The summed E-state index contributed by atoms with van der Waals surface area (Å²) < 4.78 is 11.4. The number of hydrogen-bond donors (Lipinski definition) is 0. The molecule has 0 spiro atoms. The molecule has 1 aliphatic heterocycles. The Bertz CT molecular complexity index is 437. The molecule has 0 saturated carbocycles. The first-order valence-corrected chi connectivity index (χ1v) is 5.85. The van der Waals surface area contributed by atoms with Gasteiger partial charge in [0.1, 0.15) is 0 Å². The molecule has 0 radical (unpaired) electrons. The SMILES string of the molecule is CCC1(c2cc(C)nc(C)c2C=O)OCCO1. The average molecular weight is 235 g/mol. The number of rotatable bonds is 3. The van der Waals surface area contributed by atoms with Gasteiger partial charge in [0.05, 0.1) is 13.2 Å². The first-order chi connectivity index (χ1) is 8.13. The molecule has 0 amide bonds. The van der Waals surface area contributed by atoms with E-state index >= 15 is 0 Å². The minimum Gasteiger partial charge on any atom is -0.343 e. The fraction of sp³-hybridized carbons (Fsp3) is 0.538. The van der Waals surface area contributed by atoms with E-state index < -0.39 is 5.79 Å². The molecule has 1 aromatic rings. The van der Waals surface area contributed by atoms with E-state index in [1.165, 1.54) is 0 Å². The first kappa shape index (κ1) is 12.2. The monoisotopic (exact) mass is 235 g/mol. The Balaban J connectivity index is 2.60. The van der Waals surface area contributed by atoms with Gasteiger partial charge in [-0.25, -0.2) is 0 Å². The molecular weight excluding hydrogens is 218 g/mol. The second-order valence-electron chi connectivity index (χ2n) is 4.23. The van der Waals surface area contributed by atoms with Crippen LogP contribution in [0.2, 0.25) is 0 Å². The molecule has 0 bridgehead atoms. The lowest BCUT2D eigenvalue weighted by molar-refractivity contribution is -0.167. The van der Waals surface area contributed by atoms with Crippen molar-refractivity contribution in [1.29, 1.82) is 0 Å². The van der Waals surface area contributed by atoms with Crippen molar-refractivity contribution in [3.8, 4) is 0 Å². The first-order valence-electron chi connectivity index (χ1n) is 5.85. The van der Waals surface area contributed by atoms with Gasteiger partial charge in [0.15, 0.2) is 12.1 Å². The molecular formula is C13H17NO3. The van der Waals surface area contributed by atoms with Crippen LogP contribution in [-0.4, -0.2) is 24.5 Å².